The van der Waals surface area contributed by atoms with Crippen molar-refractivity contribution in [2.45, 2.75) is 26.1 Å². The van der Waals surface area contributed by atoms with Crippen LogP contribution in [0.15, 0.2) is 0 Å². The summed E-state index contributed by atoms with van der Waals surface area (Å²) < 4.78 is 0. The van der Waals surface area contributed by atoms with Crippen LogP contribution < -0.4 is 16.4 Å². The van der Waals surface area contributed by atoms with Gasteiger partial charge in [0, 0.05) is 33.1 Å². The van der Waals surface area contributed by atoms with Gasteiger partial charge in [-0.2, -0.15) is 0 Å². The highest BCUT2D eigenvalue weighted by atomic mass is 16.1. The van der Waals surface area contributed by atoms with Gasteiger partial charge in [0.2, 0.25) is 5.91 Å². The first kappa shape index (κ1) is 11.4. The van der Waals surface area contributed by atoms with Gasteiger partial charge in [0.05, 0.1) is 0 Å². The van der Waals surface area contributed by atoms with Crippen molar-refractivity contribution in [3.8, 4) is 0 Å². The molecule has 0 radical (unpaired) electrons. The molecule has 0 aromatic carbocycles. The first-order chi connectivity index (χ1) is 6.58. The molecule has 82 valence electrons. The Kier molecular flexibility index (Phi) is 3.86. The van der Waals surface area contributed by atoms with Crippen LogP contribution in [0.3, 0.4) is 0 Å². The number of hydrogen-bond donors (Lipinski definition) is 3. The molecule has 1 heterocycles. The second kappa shape index (κ2) is 4.72. The Bertz CT molecular complexity index is 203. The topological polar surface area (TPSA) is 70.4 Å². The van der Waals surface area contributed by atoms with E-state index in [2.05, 4.69) is 15.5 Å². The highest BCUT2D eigenvalue weighted by molar-refractivity contribution is 5.73. The Morgan fingerprint density at radius 3 is 2.57 bits per heavy atom. The molecule has 1 amide bonds. The van der Waals surface area contributed by atoms with Crippen molar-refractivity contribution >= 4 is 5.91 Å². The van der Waals surface area contributed by atoms with E-state index in [0.29, 0.717) is 6.42 Å². The smallest absolute Gasteiger partial charge is 0.219 e. The minimum atomic E-state index is -0.673. The number of carbonyl (C=O) groups excluding carboxylic acids is 1. The third-order valence-corrected chi connectivity index (χ3v) is 2.61. The number of amides is 1. The molecule has 1 fully saturated rings. The molecule has 14 heavy (non-hydrogen) atoms. The molecule has 0 bridgehead atoms. The Hall–Kier alpha value is -0.650. The summed E-state index contributed by atoms with van der Waals surface area (Å²) in [5.41, 5.74) is 6.14. The highest BCUT2D eigenvalue weighted by Gasteiger charge is 2.32. The van der Waals surface area contributed by atoms with E-state index in [9.17, 15) is 4.79 Å². The number of nitrogens with zero attached hydrogens (tertiary/aromatic N) is 1. The van der Waals surface area contributed by atoms with Gasteiger partial charge in [0.25, 0.3) is 0 Å². The van der Waals surface area contributed by atoms with Crippen LogP contribution in [-0.2, 0) is 4.79 Å². The lowest BCUT2D eigenvalue weighted by molar-refractivity contribution is -0.124. The Morgan fingerprint density at radius 2 is 2.14 bits per heavy atom. The van der Waals surface area contributed by atoms with Gasteiger partial charge < -0.3 is 10.6 Å². The van der Waals surface area contributed by atoms with E-state index in [1.807, 2.05) is 6.92 Å². The average Bonchev–Trinajstić information content (AvgIpc) is 2.18. The second-order valence-corrected chi connectivity index (χ2v) is 3.70. The number of nitrogens with one attached hydrogen (secondary N) is 2. The van der Waals surface area contributed by atoms with Crippen LogP contribution in [0, 0.1) is 0 Å². The van der Waals surface area contributed by atoms with Gasteiger partial charge >= 0.3 is 0 Å². The van der Waals surface area contributed by atoms with Gasteiger partial charge in [-0.05, 0) is 6.42 Å². The molecule has 0 aromatic heterocycles. The molecule has 4 N–H and O–H groups in total. The number of nitrogens with two attached hydrogens (primary N) is 1. The zero-order valence-corrected chi connectivity index (χ0v) is 8.97. The molecule has 1 unspecified atom stereocenters. The zero-order chi connectivity index (χ0) is 10.6. The SMILES string of the molecule is CCC(N)(NC(C)=O)N1CCNCC1. The summed E-state index contributed by atoms with van der Waals surface area (Å²) in [4.78, 5) is 13.1. The van der Waals surface area contributed by atoms with E-state index in [0.717, 1.165) is 26.2 Å². The highest BCUT2D eigenvalue weighted by Crippen LogP contribution is 2.10. The fourth-order valence-electron chi connectivity index (χ4n) is 1.76. The van der Waals surface area contributed by atoms with Gasteiger partial charge in [0.15, 0.2) is 0 Å². The molecule has 0 saturated carbocycles. The van der Waals surface area contributed by atoms with Gasteiger partial charge in [-0.1, -0.05) is 6.92 Å². The van der Waals surface area contributed by atoms with Crippen LogP contribution in [-0.4, -0.2) is 42.8 Å². The molecule has 5 heteroatoms. The van der Waals surface area contributed by atoms with Crippen molar-refractivity contribution in [2.24, 2.45) is 5.73 Å². The van der Waals surface area contributed by atoms with Crippen molar-refractivity contribution in [2.75, 3.05) is 26.2 Å². The van der Waals surface area contributed by atoms with Crippen LogP contribution >= 0.6 is 0 Å². The fraction of sp³-hybridized carbons (Fsp3) is 0.889. The molecule has 1 aliphatic heterocycles. The maximum absolute atomic E-state index is 11.0. The van der Waals surface area contributed by atoms with Crippen molar-refractivity contribution in [3.63, 3.8) is 0 Å². The first-order valence-corrected chi connectivity index (χ1v) is 5.12. The van der Waals surface area contributed by atoms with E-state index >= 15 is 0 Å². The lowest BCUT2D eigenvalue weighted by Gasteiger charge is -2.42. The standard InChI is InChI=1S/C9H20N4O/c1-3-9(10,12-8(2)14)13-6-4-11-5-7-13/h11H,3-7,10H2,1-2H3,(H,12,14). The monoisotopic (exact) mass is 200 g/mol. The van der Waals surface area contributed by atoms with Crippen LogP contribution in [0.5, 0.6) is 0 Å². The van der Waals surface area contributed by atoms with E-state index in [1.54, 1.807) is 0 Å². The van der Waals surface area contributed by atoms with Crippen molar-refractivity contribution in [1.29, 1.82) is 0 Å². The van der Waals surface area contributed by atoms with Crippen LogP contribution in [0.4, 0.5) is 0 Å². The first-order valence-electron chi connectivity index (χ1n) is 5.12. The molecule has 0 spiro atoms. The second-order valence-electron chi connectivity index (χ2n) is 3.70. The lowest BCUT2D eigenvalue weighted by atomic mass is 10.2. The van der Waals surface area contributed by atoms with Gasteiger partial charge in [-0.3, -0.25) is 15.4 Å². The van der Waals surface area contributed by atoms with Crippen LogP contribution in [0.1, 0.15) is 20.3 Å². The molecule has 5 nitrogen and oxygen atoms in total. The molecular weight excluding hydrogens is 180 g/mol. The molecule has 1 atom stereocenters. The number of carbonyl (C=O) groups is 1. The summed E-state index contributed by atoms with van der Waals surface area (Å²) in [5, 5.41) is 6.07. The largest absolute Gasteiger partial charge is 0.326 e. The van der Waals surface area contributed by atoms with E-state index in [1.165, 1.54) is 6.92 Å². The normalized spacial score (nSPS) is 22.8. The van der Waals surface area contributed by atoms with Crippen molar-refractivity contribution in [3.05, 3.63) is 0 Å². The quantitative estimate of drug-likeness (QED) is 0.514. The summed E-state index contributed by atoms with van der Waals surface area (Å²) in [6.07, 6.45) is 0.715. The molecule has 1 saturated heterocycles. The summed E-state index contributed by atoms with van der Waals surface area (Å²) in [6.45, 7) is 7.10. The minimum absolute atomic E-state index is 0.0760. The third kappa shape index (κ3) is 2.67. The number of rotatable bonds is 3. The van der Waals surface area contributed by atoms with Crippen molar-refractivity contribution in [1.82, 2.24) is 15.5 Å². The van der Waals surface area contributed by atoms with E-state index < -0.39 is 5.79 Å². The van der Waals surface area contributed by atoms with Crippen molar-refractivity contribution < 1.29 is 4.79 Å². The Labute approximate surface area is 85.0 Å². The van der Waals surface area contributed by atoms with Crippen LogP contribution in [0.25, 0.3) is 0 Å². The fourth-order valence-corrected chi connectivity index (χ4v) is 1.76. The van der Waals surface area contributed by atoms with E-state index in [-0.39, 0.29) is 5.91 Å². The summed E-state index contributed by atoms with van der Waals surface area (Å²) in [6, 6.07) is 0. The minimum Gasteiger partial charge on any atom is -0.326 e. The third-order valence-electron chi connectivity index (χ3n) is 2.61. The van der Waals surface area contributed by atoms with Gasteiger partial charge in [0.1, 0.15) is 5.79 Å². The lowest BCUT2D eigenvalue weighted by Crippen LogP contribution is -2.69. The maximum atomic E-state index is 11.0. The summed E-state index contributed by atoms with van der Waals surface area (Å²) in [7, 11) is 0. The molecule has 0 aromatic rings. The van der Waals surface area contributed by atoms with Crippen LogP contribution in [0.2, 0.25) is 0 Å². The van der Waals surface area contributed by atoms with Gasteiger partial charge in [-0.25, -0.2) is 0 Å². The van der Waals surface area contributed by atoms with E-state index in [4.69, 9.17) is 5.73 Å². The number of hydrogen-bond acceptors (Lipinski definition) is 4. The predicted molar refractivity (Wildman–Crippen MR) is 55.5 cm³/mol. The molecule has 1 aliphatic rings. The Morgan fingerprint density at radius 1 is 1.57 bits per heavy atom. The maximum Gasteiger partial charge on any atom is 0.219 e. The van der Waals surface area contributed by atoms with Gasteiger partial charge in [-0.15, -0.1) is 0 Å². The predicted octanol–water partition coefficient (Wildman–Crippen LogP) is -0.950. The molecular formula is C9H20N4O. The zero-order valence-electron chi connectivity index (χ0n) is 8.97. The number of piperazine rings is 1. The Balaban J connectivity index is 2.61. The average molecular weight is 200 g/mol. The molecule has 0 aliphatic carbocycles. The molecule has 1 rings (SSSR count). The summed E-state index contributed by atoms with van der Waals surface area (Å²) >= 11 is 0. The summed E-state index contributed by atoms with van der Waals surface area (Å²) in [5.74, 6) is -0.749.